The molecule has 17 heteroatoms. The molecule has 3 aliphatic rings. The Morgan fingerprint density at radius 3 is 2.18 bits per heavy atom. The number of alkyl halides is 3. The highest BCUT2D eigenvalue weighted by atomic mass is 35.5. The van der Waals surface area contributed by atoms with Crippen molar-refractivity contribution < 1.29 is 27.5 Å². The molecule has 0 spiro atoms. The molecule has 1 aromatic heterocycles. The quantitative estimate of drug-likeness (QED) is 0.177. The fraction of sp³-hybridized carbons (Fsp3) is 0.438. The Labute approximate surface area is 285 Å². The number of aromatic nitrogens is 3. The fourth-order valence-electron chi connectivity index (χ4n) is 5.91. The van der Waals surface area contributed by atoms with E-state index in [1.165, 1.54) is 0 Å². The average molecular weight is 701 g/mol. The van der Waals surface area contributed by atoms with Crippen LogP contribution in [0, 0.1) is 0 Å². The molecule has 6 rings (SSSR count). The number of ether oxygens (including phenoxy) is 1. The molecule has 2 heterocycles. The van der Waals surface area contributed by atoms with Gasteiger partial charge in [0.25, 0.3) is 5.91 Å². The number of nitrogens with one attached hydrogen (secondary N) is 3. The van der Waals surface area contributed by atoms with Gasteiger partial charge in [-0.1, -0.05) is 36.6 Å². The fourth-order valence-corrected chi connectivity index (χ4v) is 6.04. The normalized spacial score (nSPS) is 17.8. The van der Waals surface area contributed by atoms with E-state index in [4.69, 9.17) is 27.1 Å². The van der Waals surface area contributed by atoms with Gasteiger partial charge in [-0.3, -0.25) is 10.1 Å². The van der Waals surface area contributed by atoms with Crippen molar-refractivity contribution in [1.82, 2.24) is 30.1 Å². The van der Waals surface area contributed by atoms with Crippen LogP contribution in [-0.4, -0.2) is 87.7 Å². The Hall–Kier alpha value is -4.86. The zero-order valence-electron chi connectivity index (χ0n) is 26.5. The Morgan fingerprint density at radius 2 is 1.57 bits per heavy atom. The summed E-state index contributed by atoms with van der Waals surface area (Å²) in [5.74, 6) is 0.268. The molecule has 0 atom stereocenters. The number of halogens is 4. The summed E-state index contributed by atoms with van der Waals surface area (Å²) in [6.45, 7) is 0.221. The Bertz CT molecular complexity index is 1670. The lowest BCUT2D eigenvalue weighted by atomic mass is 10.1. The van der Waals surface area contributed by atoms with Gasteiger partial charge in [-0.25, -0.2) is 9.79 Å². The number of benzene rings is 2. The number of rotatable bonds is 9. The number of urea groups is 1. The predicted octanol–water partition coefficient (Wildman–Crippen LogP) is 5.04. The first-order valence-corrected chi connectivity index (χ1v) is 16.4. The van der Waals surface area contributed by atoms with Crippen molar-refractivity contribution in [3.63, 3.8) is 0 Å². The maximum atomic E-state index is 13.3. The number of carbonyl (C=O) groups is 2. The molecule has 13 nitrogen and oxygen atoms in total. The van der Waals surface area contributed by atoms with E-state index in [1.807, 2.05) is 17.0 Å². The number of carbonyl (C=O) groups excluding carboxylic acids is 2. The van der Waals surface area contributed by atoms with Crippen LogP contribution in [0.4, 0.5) is 35.5 Å². The molecule has 260 valence electrons. The predicted molar refractivity (Wildman–Crippen MR) is 177 cm³/mol. The average Bonchev–Trinajstić information content (AvgIpc) is 3.66. The zero-order chi connectivity index (χ0) is 34.6. The highest BCUT2D eigenvalue weighted by molar-refractivity contribution is 6.30. The van der Waals surface area contributed by atoms with E-state index >= 15 is 0 Å². The number of guanidine groups is 1. The van der Waals surface area contributed by atoms with E-state index < -0.39 is 30.4 Å². The lowest BCUT2D eigenvalue weighted by Crippen LogP contribution is -2.55. The summed E-state index contributed by atoms with van der Waals surface area (Å²) >= 11 is 6.04. The van der Waals surface area contributed by atoms with Gasteiger partial charge in [0, 0.05) is 42.5 Å². The standard InChI is InChI=1S/C32H36ClF3N10O3/c33-22-9-7-21(8-10-22)31(13-14-31)44-28-41-27(42-30(43-28)49-19-32(34,35)36)38-24-11-5-20(6-12-24)25(47)45-15-17-46(18-16-45)29(40-26(37)48)39-23-3-1-2-4-23/h5-12,23H,1-4,13-19H2,(H3,37,39,40,48)(H2,38,41,42,43,44). The Morgan fingerprint density at radius 1 is 0.939 bits per heavy atom. The number of nitrogens with two attached hydrogens (primary N) is 1. The van der Waals surface area contributed by atoms with Gasteiger partial charge in [0.15, 0.2) is 6.61 Å². The third-order valence-corrected chi connectivity index (χ3v) is 8.85. The lowest BCUT2D eigenvalue weighted by molar-refractivity contribution is -0.154. The van der Waals surface area contributed by atoms with Crippen LogP contribution in [0.1, 0.15) is 54.4 Å². The SMILES string of the molecule is NC(=O)NC(=NC1CCCC1)N1CCN(C(=O)c2ccc(Nc3nc(NC4(c5ccc(Cl)cc5)CC4)nc(OCC(F)(F)F)n3)cc2)CC1. The summed E-state index contributed by atoms with van der Waals surface area (Å²) < 4.78 is 43.7. The van der Waals surface area contributed by atoms with Gasteiger partial charge in [-0.15, -0.1) is 0 Å². The summed E-state index contributed by atoms with van der Waals surface area (Å²) in [4.78, 5) is 45.8. The molecule has 2 aliphatic carbocycles. The lowest BCUT2D eigenvalue weighted by Gasteiger charge is -2.36. The third kappa shape index (κ3) is 8.99. The third-order valence-electron chi connectivity index (χ3n) is 8.60. The smallest absolute Gasteiger partial charge is 0.422 e. The van der Waals surface area contributed by atoms with Gasteiger partial charge >= 0.3 is 18.2 Å². The summed E-state index contributed by atoms with van der Waals surface area (Å²) in [6.07, 6.45) is 1.07. The van der Waals surface area contributed by atoms with Crippen molar-refractivity contribution in [3.05, 3.63) is 64.7 Å². The minimum atomic E-state index is -4.59. The van der Waals surface area contributed by atoms with Crippen molar-refractivity contribution in [1.29, 1.82) is 0 Å². The van der Waals surface area contributed by atoms with Crippen LogP contribution in [0.15, 0.2) is 53.5 Å². The summed E-state index contributed by atoms with van der Waals surface area (Å²) in [5.41, 5.74) is 6.76. The minimum Gasteiger partial charge on any atom is -0.454 e. The Balaban J connectivity index is 1.11. The van der Waals surface area contributed by atoms with Crippen LogP contribution >= 0.6 is 11.6 Å². The minimum absolute atomic E-state index is 0.0375. The summed E-state index contributed by atoms with van der Waals surface area (Å²) in [6, 6.07) is 12.8. The summed E-state index contributed by atoms with van der Waals surface area (Å²) in [7, 11) is 0. The van der Waals surface area contributed by atoms with E-state index in [0.29, 0.717) is 48.4 Å². The van der Waals surface area contributed by atoms with Crippen LogP contribution < -0.4 is 26.4 Å². The van der Waals surface area contributed by atoms with Crippen LogP contribution in [0.2, 0.25) is 5.02 Å². The molecule has 0 radical (unpaired) electrons. The molecule has 2 saturated carbocycles. The van der Waals surface area contributed by atoms with Gasteiger partial charge in [-0.2, -0.15) is 28.1 Å². The highest BCUT2D eigenvalue weighted by Crippen LogP contribution is 2.48. The van der Waals surface area contributed by atoms with Gasteiger partial charge in [-0.05, 0) is 67.6 Å². The summed E-state index contributed by atoms with van der Waals surface area (Å²) in [5, 5.41) is 9.43. The maximum Gasteiger partial charge on any atom is 0.422 e. The molecular formula is C32H36ClF3N10O3. The molecule has 3 aromatic rings. The molecule has 5 N–H and O–H groups in total. The number of nitrogens with zero attached hydrogens (tertiary/aromatic N) is 6. The first-order chi connectivity index (χ1) is 23.4. The topological polar surface area (TPSA) is 163 Å². The largest absolute Gasteiger partial charge is 0.454 e. The first kappa shape index (κ1) is 34.0. The number of piperazine rings is 1. The van der Waals surface area contributed by atoms with Crippen LogP contribution in [-0.2, 0) is 5.54 Å². The molecule has 1 aliphatic heterocycles. The van der Waals surface area contributed by atoms with E-state index in [9.17, 15) is 22.8 Å². The molecular weight excluding hydrogens is 665 g/mol. The van der Waals surface area contributed by atoms with Crippen molar-refractivity contribution in [2.75, 3.05) is 43.4 Å². The number of hydrogen-bond acceptors (Lipinski definition) is 9. The second-order valence-electron chi connectivity index (χ2n) is 12.2. The molecule has 3 fully saturated rings. The number of amides is 3. The van der Waals surface area contributed by atoms with Crippen molar-refractivity contribution in [2.45, 2.75) is 56.3 Å². The van der Waals surface area contributed by atoms with Crippen LogP contribution in [0.5, 0.6) is 6.01 Å². The maximum absolute atomic E-state index is 13.3. The van der Waals surface area contributed by atoms with E-state index in [0.717, 1.165) is 44.1 Å². The van der Waals surface area contributed by atoms with Crippen molar-refractivity contribution in [2.24, 2.45) is 10.7 Å². The zero-order valence-corrected chi connectivity index (χ0v) is 27.2. The highest BCUT2D eigenvalue weighted by Gasteiger charge is 2.45. The van der Waals surface area contributed by atoms with E-state index in [1.54, 1.807) is 41.3 Å². The number of primary amides is 1. The van der Waals surface area contributed by atoms with Crippen molar-refractivity contribution >= 4 is 47.1 Å². The second kappa shape index (κ2) is 14.3. The number of anilines is 3. The van der Waals surface area contributed by atoms with Gasteiger partial charge < -0.3 is 30.9 Å². The molecule has 3 amide bonds. The molecule has 49 heavy (non-hydrogen) atoms. The van der Waals surface area contributed by atoms with Gasteiger partial charge in [0.2, 0.25) is 17.9 Å². The number of hydrogen-bond donors (Lipinski definition) is 4. The second-order valence-corrected chi connectivity index (χ2v) is 12.7. The van der Waals surface area contributed by atoms with Crippen molar-refractivity contribution in [3.8, 4) is 6.01 Å². The first-order valence-electron chi connectivity index (χ1n) is 16.0. The molecule has 2 aromatic carbocycles. The van der Waals surface area contributed by atoms with Gasteiger partial charge in [0.1, 0.15) is 0 Å². The van der Waals surface area contributed by atoms with E-state index in [2.05, 4.69) is 30.9 Å². The number of aliphatic imine (C=N–C) groups is 1. The Kier molecular flexibility index (Phi) is 9.94. The van der Waals surface area contributed by atoms with Crippen LogP contribution in [0.3, 0.4) is 0 Å². The molecule has 0 bridgehead atoms. The monoisotopic (exact) mass is 700 g/mol. The van der Waals surface area contributed by atoms with Gasteiger partial charge in [0.05, 0.1) is 11.6 Å². The van der Waals surface area contributed by atoms with E-state index in [-0.39, 0.29) is 23.8 Å². The van der Waals surface area contributed by atoms with Crippen LogP contribution in [0.25, 0.3) is 0 Å². The molecule has 1 saturated heterocycles. The molecule has 0 unspecified atom stereocenters.